The van der Waals surface area contributed by atoms with E-state index in [0.29, 0.717) is 110 Å². The lowest BCUT2D eigenvalue weighted by molar-refractivity contribution is -0.0563. The summed E-state index contributed by atoms with van der Waals surface area (Å²) < 4.78 is 64.0. The van der Waals surface area contributed by atoms with Gasteiger partial charge in [-0.15, -0.1) is 0 Å². The molecule has 0 aromatic heterocycles. The van der Waals surface area contributed by atoms with E-state index in [-0.39, 0.29) is 0 Å². The second-order valence-corrected chi connectivity index (χ2v) is 49.4. The van der Waals surface area contributed by atoms with E-state index in [0.717, 1.165) is 180 Å². The molecule has 24 aliphatic rings. The molecular formula is C118H208O11. The van der Waals surface area contributed by atoms with Gasteiger partial charge in [-0.05, 0) is 509 Å². The minimum Gasteiger partial charge on any atom is -0.379 e. The van der Waals surface area contributed by atoms with E-state index < -0.39 is 0 Å². The Bertz CT molecular complexity index is 3100. The van der Waals surface area contributed by atoms with E-state index >= 15 is 0 Å². The van der Waals surface area contributed by atoms with E-state index in [4.69, 9.17) is 52.1 Å². The van der Waals surface area contributed by atoms with Crippen molar-refractivity contribution in [2.45, 2.75) is 556 Å². The Hall–Kier alpha value is -0.700. The van der Waals surface area contributed by atoms with Crippen LogP contribution in [0.5, 0.6) is 0 Å². The van der Waals surface area contributed by atoms with Crippen molar-refractivity contribution in [3.63, 3.8) is 0 Å². The highest BCUT2D eigenvalue weighted by molar-refractivity contribution is 5.16. The molecule has 0 spiro atoms. The Balaban J connectivity index is 0.000000115. The van der Waals surface area contributed by atoms with Gasteiger partial charge in [0.1, 0.15) is 0 Å². The van der Waals surface area contributed by atoms with Gasteiger partial charge in [0.2, 0.25) is 0 Å². The van der Waals surface area contributed by atoms with Gasteiger partial charge < -0.3 is 52.1 Å². The summed E-state index contributed by atoms with van der Waals surface area (Å²) in [5.74, 6) is 26.5. The molecule has 0 saturated heterocycles. The van der Waals surface area contributed by atoms with E-state index in [2.05, 4.69) is 137 Å². The third-order valence-electron chi connectivity index (χ3n) is 39.0. The van der Waals surface area contributed by atoms with Crippen LogP contribution >= 0.6 is 0 Å². The number of rotatable bonds is 23. The van der Waals surface area contributed by atoms with Crippen molar-refractivity contribution in [2.75, 3.05) is 26.4 Å². The first-order valence-corrected chi connectivity index (χ1v) is 58.2. The Labute approximate surface area is 795 Å². The molecule has 0 aromatic rings. The standard InChI is InChI=1S/C15H24O.C14H24O.C13H22O.C13H20O.C12H20O.C10H18O.C9H16O.C9H18O.2C8H16O.C7H14O/c1-8(2)16-13-7-11-6-12(13)15-10-4-3-9(5-10)14(11)15;1-3-9(2)15-14-8-10-7-13(14)12-6-4-5-11(10)12;2*1-8(2)14-13-7-9-6-12(13)11-5-3-4-10(9)11;1-2-13-12-7-8-6-11(12)10-5-3-4-9(8)10;1-7(2)11-10-6-8-3-4-9(10)5-8;1-2-10-9-6-7-3-4-8(9)5-7;1-8(2)10-9-6-4-3-5-7-9;1-7(2)9-8-5-3-4-6-8;1-2-9-8-6-4-3-5-7-8;1-2-8-7-5-3-4-6-7/h8-15H,3-7H2,1-2H3;9-14H,3-8H2,1-2H3;8-13H,3-7H2,1-2H3;3,5,8-13H,4,6-7H2,1-2H3;8-12H,2-7H2,1H3;7-10H,3-6H2,1-2H3;7-9H,2-6H2,1H3;8-9H,3-7H2,1-2H3;7-8H,3-6H2,1-2H3;8H,2-7H2,1H3;7H,2-6H2,1H3. The summed E-state index contributed by atoms with van der Waals surface area (Å²) in [6, 6.07) is 0. The van der Waals surface area contributed by atoms with Gasteiger partial charge in [0.15, 0.2) is 0 Å². The fourth-order valence-corrected chi connectivity index (χ4v) is 34.5. The molecule has 0 radical (unpaired) electrons. The highest BCUT2D eigenvalue weighted by atomic mass is 16.5. The fourth-order valence-electron chi connectivity index (χ4n) is 34.5. The lowest BCUT2D eigenvalue weighted by atomic mass is 9.70. The first-order chi connectivity index (χ1) is 62.5. The van der Waals surface area contributed by atoms with Crippen LogP contribution in [-0.4, -0.2) is 136 Å². The van der Waals surface area contributed by atoms with Crippen molar-refractivity contribution in [1.29, 1.82) is 0 Å². The lowest BCUT2D eigenvalue weighted by Gasteiger charge is -2.39. The smallest absolute Gasteiger partial charge is 0.0615 e. The SMILES string of the molecule is CC(C)OC1CC2CC1C1C3CCC(C3)C21.CC(C)OC1CC2CC1C1C=CCC21.CC(C)OC1CC2CC1C1CCCC21.CC(C)OC1CC2CCC1C2.CC(C)OC1CCCC1.CC(C)OC1CCCCC1.CCC(C)OC1CC2CC1C1CCCC21.CCOC1CC2CC1C1CCCC21.CCOC1CC2CCC1C2.CCOC1CCCC1.CCOC1CCCCC1. The minimum absolute atomic E-state index is 0.406. The van der Waals surface area contributed by atoms with Gasteiger partial charge in [-0.3, -0.25) is 0 Å². The number of allylic oxidation sites excluding steroid dienone is 2. The Morgan fingerprint density at radius 1 is 0.217 bits per heavy atom. The van der Waals surface area contributed by atoms with Crippen molar-refractivity contribution >= 4 is 0 Å². The van der Waals surface area contributed by atoms with Crippen LogP contribution in [0.2, 0.25) is 0 Å². The second kappa shape index (κ2) is 51.6. The molecule has 0 N–H and O–H groups in total. The van der Waals surface area contributed by atoms with Gasteiger partial charge in [0.25, 0.3) is 0 Å². The van der Waals surface area contributed by atoms with Crippen LogP contribution in [0, 0.1) is 154 Å². The number of hydrogen-bond donors (Lipinski definition) is 0. The van der Waals surface area contributed by atoms with Crippen molar-refractivity contribution < 1.29 is 52.1 Å². The molecule has 24 aliphatic carbocycles. The summed E-state index contributed by atoms with van der Waals surface area (Å²) in [6.45, 7) is 42.3. The number of fused-ring (bicyclic) bond motifs is 33. The zero-order valence-electron chi connectivity index (χ0n) is 87.2. The molecule has 24 rings (SSSR count). The Morgan fingerprint density at radius 3 is 0.984 bits per heavy atom. The second-order valence-electron chi connectivity index (χ2n) is 49.4. The Kier molecular flexibility index (Phi) is 41.7. The summed E-state index contributed by atoms with van der Waals surface area (Å²) in [6.07, 6.45) is 85.4. The average molecular weight is 1800 g/mol. The molecular weight excluding hydrogens is 1590 g/mol. The lowest BCUT2D eigenvalue weighted by Crippen LogP contribution is -2.37. The van der Waals surface area contributed by atoms with Crippen molar-refractivity contribution in [1.82, 2.24) is 0 Å². The van der Waals surface area contributed by atoms with Gasteiger partial charge in [-0.2, -0.15) is 0 Å². The molecule has 16 bridgehead atoms. The van der Waals surface area contributed by atoms with Crippen LogP contribution in [0.3, 0.4) is 0 Å². The summed E-state index contributed by atoms with van der Waals surface area (Å²) >= 11 is 0. The zero-order valence-corrected chi connectivity index (χ0v) is 87.2. The fraction of sp³-hybridized carbons (Fsp3) is 0.983. The van der Waals surface area contributed by atoms with Crippen LogP contribution in [0.4, 0.5) is 0 Å². The summed E-state index contributed by atoms with van der Waals surface area (Å²) in [7, 11) is 0. The number of ether oxygens (including phenoxy) is 11. The van der Waals surface area contributed by atoms with E-state index in [1.807, 2.05) is 0 Å². The third kappa shape index (κ3) is 28.2. The maximum atomic E-state index is 6.20. The largest absolute Gasteiger partial charge is 0.379 e. The summed E-state index contributed by atoms with van der Waals surface area (Å²) in [5.41, 5.74) is 0. The molecule has 129 heavy (non-hydrogen) atoms. The Morgan fingerprint density at radius 2 is 0.558 bits per heavy atom. The molecule has 0 aliphatic heterocycles. The monoisotopic (exact) mass is 1800 g/mol. The molecule has 23 saturated carbocycles. The van der Waals surface area contributed by atoms with E-state index in [1.54, 1.807) is 19.3 Å². The van der Waals surface area contributed by atoms with E-state index in [9.17, 15) is 0 Å². The van der Waals surface area contributed by atoms with Crippen LogP contribution in [0.1, 0.15) is 446 Å². The van der Waals surface area contributed by atoms with Gasteiger partial charge in [-0.1, -0.05) is 103 Å². The molecule has 0 aromatic carbocycles. The molecule has 0 heterocycles. The molecule has 11 nitrogen and oxygen atoms in total. The maximum Gasteiger partial charge on any atom is 0.0615 e. The number of hydrogen-bond acceptors (Lipinski definition) is 11. The van der Waals surface area contributed by atoms with E-state index in [1.165, 1.54) is 302 Å². The molecule has 746 valence electrons. The molecule has 34 atom stereocenters. The average Bonchev–Trinajstić information content (AvgIpc) is 1.56. The predicted molar refractivity (Wildman–Crippen MR) is 532 cm³/mol. The van der Waals surface area contributed by atoms with Gasteiger partial charge in [0, 0.05) is 26.4 Å². The molecule has 0 amide bonds. The summed E-state index contributed by atoms with van der Waals surface area (Å²) in [4.78, 5) is 0. The molecule has 34 unspecified atom stereocenters. The van der Waals surface area contributed by atoms with Crippen molar-refractivity contribution in [3.05, 3.63) is 12.2 Å². The first kappa shape index (κ1) is 104. The molecule has 11 heteroatoms. The van der Waals surface area contributed by atoms with Crippen LogP contribution < -0.4 is 0 Å². The third-order valence-corrected chi connectivity index (χ3v) is 39.0. The van der Waals surface area contributed by atoms with Crippen LogP contribution in [0.25, 0.3) is 0 Å². The van der Waals surface area contributed by atoms with Crippen LogP contribution in [0.15, 0.2) is 12.2 Å². The minimum atomic E-state index is 0.406. The van der Waals surface area contributed by atoms with Gasteiger partial charge in [0.05, 0.1) is 110 Å². The predicted octanol–water partition coefficient (Wildman–Crippen LogP) is 30.4. The first-order valence-electron chi connectivity index (χ1n) is 58.2. The highest BCUT2D eigenvalue weighted by Crippen LogP contribution is 2.69. The highest BCUT2D eigenvalue weighted by Gasteiger charge is 2.64. The van der Waals surface area contributed by atoms with Crippen LogP contribution in [-0.2, 0) is 52.1 Å². The zero-order chi connectivity index (χ0) is 90.8. The van der Waals surface area contributed by atoms with Crippen molar-refractivity contribution in [3.8, 4) is 0 Å². The molecule has 23 fully saturated rings. The van der Waals surface area contributed by atoms with Crippen molar-refractivity contribution in [2.24, 2.45) is 154 Å². The quantitative estimate of drug-likeness (QED) is 0.0722. The topological polar surface area (TPSA) is 102 Å². The van der Waals surface area contributed by atoms with Gasteiger partial charge >= 0.3 is 0 Å². The normalized spacial score (nSPS) is 42.2. The maximum absolute atomic E-state index is 6.20. The van der Waals surface area contributed by atoms with Gasteiger partial charge in [-0.25, -0.2) is 0 Å². The summed E-state index contributed by atoms with van der Waals surface area (Å²) in [5, 5.41) is 0.